The molecule has 0 spiro atoms. The van der Waals surface area contributed by atoms with Crippen LogP contribution >= 0.6 is 11.6 Å². The monoisotopic (exact) mass is 592 g/mol. The standard InChI is InChI=1S/C28H23ClF2N8O3/c1-15-3-2-4-18(21-11-16(9-10-32-21)25-22(35-26(15)40)13-34-39(25)28(30)31)19-6-8-24(42-27(19)41)20-12-17(29)5-7-23(20)38-14-33-36-37-38/h5-15,18,28H,2-4H2,1H3,(H,35,40)/t15-,18-/m0/s1. The molecule has 0 saturated heterocycles. The quantitative estimate of drug-likeness (QED) is 0.290. The van der Waals surface area contributed by atoms with Gasteiger partial charge in [-0.1, -0.05) is 24.9 Å². The summed E-state index contributed by atoms with van der Waals surface area (Å²) in [7, 11) is 0. The molecule has 0 saturated carbocycles. The van der Waals surface area contributed by atoms with Gasteiger partial charge in [0.2, 0.25) is 5.91 Å². The Labute approximate surface area is 242 Å². The Morgan fingerprint density at radius 2 is 1.98 bits per heavy atom. The first-order valence-electron chi connectivity index (χ1n) is 13.1. The highest BCUT2D eigenvalue weighted by molar-refractivity contribution is 6.31. The number of rotatable bonds is 4. The molecule has 214 valence electrons. The van der Waals surface area contributed by atoms with Crippen LogP contribution in [-0.4, -0.2) is 40.9 Å². The Morgan fingerprint density at radius 3 is 2.74 bits per heavy atom. The smallest absolute Gasteiger partial charge is 0.340 e. The summed E-state index contributed by atoms with van der Waals surface area (Å²) >= 11 is 6.26. The summed E-state index contributed by atoms with van der Waals surface area (Å²) in [5, 5.41) is 18.2. The van der Waals surface area contributed by atoms with Crippen LogP contribution < -0.4 is 10.9 Å². The lowest BCUT2D eigenvalue weighted by atomic mass is 9.88. The molecule has 0 radical (unpaired) electrons. The number of carbonyl (C=O) groups is 1. The average molecular weight is 593 g/mol. The summed E-state index contributed by atoms with van der Waals surface area (Å²) in [5.41, 5.74) is 1.89. The average Bonchev–Trinajstić information content (AvgIpc) is 3.66. The van der Waals surface area contributed by atoms with Crippen LogP contribution in [0.5, 0.6) is 0 Å². The molecule has 1 aliphatic heterocycles. The number of pyridine rings is 1. The summed E-state index contributed by atoms with van der Waals surface area (Å²) in [6.07, 6.45) is 5.67. The number of halogens is 3. The van der Waals surface area contributed by atoms with Crippen molar-refractivity contribution in [2.24, 2.45) is 5.92 Å². The number of benzene rings is 1. The van der Waals surface area contributed by atoms with Gasteiger partial charge in [-0.2, -0.15) is 18.6 Å². The summed E-state index contributed by atoms with van der Waals surface area (Å²) in [6.45, 7) is -1.17. The highest BCUT2D eigenvalue weighted by atomic mass is 35.5. The maximum atomic E-state index is 13.9. The van der Waals surface area contributed by atoms with Gasteiger partial charge in [-0.3, -0.25) is 9.78 Å². The maximum Gasteiger partial charge on any atom is 0.340 e. The molecule has 1 amide bonds. The minimum atomic E-state index is -2.94. The lowest BCUT2D eigenvalue weighted by molar-refractivity contribution is -0.119. The Balaban J connectivity index is 1.45. The zero-order valence-corrected chi connectivity index (χ0v) is 22.9. The van der Waals surface area contributed by atoms with E-state index in [2.05, 4.69) is 30.9 Å². The van der Waals surface area contributed by atoms with Crippen molar-refractivity contribution in [3.05, 3.63) is 87.9 Å². The highest BCUT2D eigenvalue weighted by Gasteiger charge is 2.27. The third-order valence-corrected chi connectivity index (χ3v) is 7.51. The van der Waals surface area contributed by atoms with Crippen molar-refractivity contribution < 1.29 is 18.0 Å². The van der Waals surface area contributed by atoms with Crippen molar-refractivity contribution in [2.75, 3.05) is 5.32 Å². The number of hydrogen-bond donors (Lipinski definition) is 1. The Morgan fingerprint density at radius 1 is 1.12 bits per heavy atom. The number of aromatic nitrogens is 7. The number of nitrogens with one attached hydrogen (secondary N) is 1. The Kier molecular flexibility index (Phi) is 7.33. The van der Waals surface area contributed by atoms with Crippen molar-refractivity contribution in [3.63, 3.8) is 0 Å². The van der Waals surface area contributed by atoms with Crippen LogP contribution in [0.2, 0.25) is 5.02 Å². The minimum Gasteiger partial charge on any atom is -0.422 e. The van der Waals surface area contributed by atoms with E-state index < -0.39 is 24.0 Å². The first-order valence-corrected chi connectivity index (χ1v) is 13.5. The third-order valence-electron chi connectivity index (χ3n) is 7.28. The van der Waals surface area contributed by atoms with Crippen LogP contribution in [0.3, 0.4) is 0 Å². The zero-order valence-electron chi connectivity index (χ0n) is 22.1. The summed E-state index contributed by atoms with van der Waals surface area (Å²) in [6, 6.07) is 11.6. The third kappa shape index (κ3) is 5.18. The molecular formula is C28H23ClF2N8O3. The predicted molar refractivity (Wildman–Crippen MR) is 148 cm³/mol. The van der Waals surface area contributed by atoms with Crippen molar-refractivity contribution in [3.8, 4) is 28.3 Å². The van der Waals surface area contributed by atoms with Crippen molar-refractivity contribution >= 4 is 23.2 Å². The zero-order chi connectivity index (χ0) is 29.4. The number of carbonyl (C=O) groups excluding carboxylic acids is 1. The van der Waals surface area contributed by atoms with Gasteiger partial charge in [0.15, 0.2) is 0 Å². The molecule has 5 heterocycles. The van der Waals surface area contributed by atoms with Gasteiger partial charge in [-0.25, -0.2) is 9.48 Å². The number of hydrogen-bond acceptors (Lipinski definition) is 8. The van der Waals surface area contributed by atoms with E-state index in [0.717, 1.165) is 0 Å². The number of alkyl halides is 2. The van der Waals surface area contributed by atoms with Gasteiger partial charge in [-0.15, -0.1) is 5.10 Å². The number of amides is 1. The first kappa shape index (κ1) is 27.4. The van der Waals surface area contributed by atoms with Crippen LogP contribution in [0.4, 0.5) is 14.5 Å². The van der Waals surface area contributed by atoms with Crippen LogP contribution in [-0.2, 0) is 4.79 Å². The second kappa shape index (κ2) is 11.2. The van der Waals surface area contributed by atoms with E-state index in [9.17, 15) is 18.4 Å². The van der Waals surface area contributed by atoms with E-state index in [4.69, 9.17) is 16.0 Å². The molecule has 6 rings (SSSR count). The van der Waals surface area contributed by atoms with Crippen molar-refractivity contribution in [1.29, 1.82) is 0 Å². The molecule has 2 atom stereocenters. The molecule has 11 nitrogen and oxygen atoms in total. The largest absolute Gasteiger partial charge is 0.422 e. The lowest BCUT2D eigenvalue weighted by Gasteiger charge is -2.20. The molecule has 2 bridgehead atoms. The fraction of sp³-hybridized carbons (Fsp3) is 0.250. The van der Waals surface area contributed by atoms with Crippen molar-refractivity contribution in [2.45, 2.75) is 38.7 Å². The highest BCUT2D eigenvalue weighted by Crippen LogP contribution is 2.36. The topological polar surface area (TPSA) is 134 Å². The molecule has 1 N–H and O–H groups in total. The van der Waals surface area contributed by atoms with Gasteiger partial charge in [0, 0.05) is 45.4 Å². The van der Waals surface area contributed by atoms with Gasteiger partial charge in [0.25, 0.3) is 0 Å². The number of tetrazole rings is 1. The molecule has 5 aromatic rings. The van der Waals surface area contributed by atoms with E-state index in [1.54, 1.807) is 49.4 Å². The normalized spacial score (nSPS) is 17.3. The molecular weight excluding hydrogens is 570 g/mol. The Bertz CT molecular complexity index is 1820. The van der Waals surface area contributed by atoms with E-state index >= 15 is 0 Å². The molecule has 0 aliphatic carbocycles. The predicted octanol–water partition coefficient (Wildman–Crippen LogP) is 5.48. The summed E-state index contributed by atoms with van der Waals surface area (Å²) in [4.78, 5) is 30.9. The molecule has 14 heteroatoms. The summed E-state index contributed by atoms with van der Waals surface area (Å²) in [5.74, 6) is -0.997. The second-order valence-corrected chi connectivity index (χ2v) is 10.4. The van der Waals surface area contributed by atoms with Gasteiger partial charge in [0.05, 0.1) is 23.3 Å². The Hall–Kier alpha value is -4.78. The molecule has 0 unspecified atom stereocenters. The second-order valence-electron chi connectivity index (χ2n) is 9.93. The van der Waals surface area contributed by atoms with Gasteiger partial charge in [-0.05, 0) is 65.7 Å². The van der Waals surface area contributed by atoms with Crippen LogP contribution in [0.25, 0.3) is 28.3 Å². The van der Waals surface area contributed by atoms with Gasteiger partial charge in [0.1, 0.15) is 12.1 Å². The van der Waals surface area contributed by atoms with Gasteiger partial charge < -0.3 is 9.73 Å². The van der Waals surface area contributed by atoms with Crippen molar-refractivity contribution in [1.82, 2.24) is 35.0 Å². The minimum absolute atomic E-state index is 0.0481. The van der Waals surface area contributed by atoms with Crippen LogP contribution in [0.1, 0.15) is 49.9 Å². The molecule has 4 aromatic heterocycles. The van der Waals surface area contributed by atoms with Gasteiger partial charge >= 0.3 is 12.2 Å². The number of fused-ring (bicyclic) bond motifs is 4. The molecule has 42 heavy (non-hydrogen) atoms. The van der Waals surface area contributed by atoms with Crippen LogP contribution in [0, 0.1) is 5.92 Å². The SMILES string of the molecule is C[C@H]1CCC[C@@H](c2ccc(-c3cc(Cl)ccc3-n3cnnn3)oc2=O)c2cc(ccn2)-c2c(cnn2C(F)F)NC1=O. The fourth-order valence-electron chi connectivity index (χ4n) is 5.16. The molecule has 1 aromatic carbocycles. The van der Waals surface area contributed by atoms with E-state index in [-0.39, 0.29) is 23.0 Å². The maximum absolute atomic E-state index is 13.9. The van der Waals surface area contributed by atoms with Crippen LogP contribution in [0.15, 0.2) is 70.4 Å². The molecule has 1 aliphatic rings. The van der Waals surface area contributed by atoms with E-state index in [0.29, 0.717) is 57.0 Å². The van der Waals surface area contributed by atoms with E-state index in [1.165, 1.54) is 23.4 Å². The summed E-state index contributed by atoms with van der Waals surface area (Å²) < 4.78 is 35.6. The fourth-order valence-corrected chi connectivity index (χ4v) is 5.33. The first-order chi connectivity index (χ1) is 20.3. The number of anilines is 1. The molecule has 0 fully saturated rings. The number of nitrogens with zero attached hydrogens (tertiary/aromatic N) is 7. The van der Waals surface area contributed by atoms with E-state index in [1.807, 2.05) is 0 Å². The lowest BCUT2D eigenvalue weighted by Crippen LogP contribution is -2.22.